The summed E-state index contributed by atoms with van der Waals surface area (Å²) in [7, 11) is 3.39. The molecule has 0 fully saturated rings. The number of carbonyl (C=O) groups excluding carboxylic acids is 1. The van der Waals surface area contributed by atoms with Crippen molar-refractivity contribution in [1.82, 2.24) is 14.1 Å². The number of fused-ring (bicyclic) bond motifs is 1. The van der Waals surface area contributed by atoms with Crippen LogP contribution in [-0.2, 0) is 18.4 Å². The van der Waals surface area contributed by atoms with Crippen LogP contribution in [0.2, 0.25) is 5.02 Å². The van der Waals surface area contributed by atoms with Crippen molar-refractivity contribution in [2.45, 2.75) is 13.5 Å². The lowest BCUT2D eigenvalue weighted by Gasteiger charge is -2.09. The zero-order valence-electron chi connectivity index (χ0n) is 17.3. The highest BCUT2D eigenvalue weighted by Gasteiger charge is 2.16. The molecule has 8 heteroatoms. The number of halogens is 1. The number of ether oxygens (including phenoxy) is 1. The minimum Gasteiger partial charge on any atom is -0.497 e. The molecule has 31 heavy (non-hydrogen) atoms. The lowest BCUT2D eigenvalue weighted by molar-refractivity contribution is -0.116. The normalized spacial score (nSPS) is 11.0. The van der Waals surface area contributed by atoms with E-state index in [9.17, 15) is 9.59 Å². The molecule has 0 bridgehead atoms. The smallest absolute Gasteiger partial charge is 0.278 e. The Morgan fingerprint density at radius 2 is 2.03 bits per heavy atom. The highest BCUT2D eigenvalue weighted by Crippen LogP contribution is 2.29. The van der Waals surface area contributed by atoms with Crippen molar-refractivity contribution < 1.29 is 9.53 Å². The minimum absolute atomic E-state index is 0.160. The number of benzene rings is 2. The van der Waals surface area contributed by atoms with Gasteiger partial charge in [0.25, 0.3) is 5.56 Å². The summed E-state index contributed by atoms with van der Waals surface area (Å²) in [6, 6.07) is 12.8. The molecular formula is C23H21ClN4O3. The van der Waals surface area contributed by atoms with Gasteiger partial charge in [-0.3, -0.25) is 14.2 Å². The fraction of sp³-hybridized carbons (Fsp3) is 0.174. The van der Waals surface area contributed by atoms with Gasteiger partial charge in [-0.15, -0.1) is 0 Å². The van der Waals surface area contributed by atoms with Crippen molar-refractivity contribution in [3.8, 4) is 16.9 Å². The quantitative estimate of drug-likeness (QED) is 0.512. The molecular weight excluding hydrogens is 416 g/mol. The van der Waals surface area contributed by atoms with Crippen molar-refractivity contribution in [2.24, 2.45) is 7.05 Å². The SMILES string of the molecule is COc1cccc(-c2cn(C)c3c(=O)n(CC(=O)Nc4ccc(C)c(Cl)c4)cnc23)c1. The third kappa shape index (κ3) is 4.04. The fourth-order valence-electron chi connectivity index (χ4n) is 3.45. The molecule has 0 spiro atoms. The van der Waals surface area contributed by atoms with Crippen LogP contribution in [0.3, 0.4) is 0 Å². The Morgan fingerprint density at radius 3 is 2.77 bits per heavy atom. The maximum atomic E-state index is 13.1. The maximum absolute atomic E-state index is 13.1. The number of nitrogens with zero attached hydrogens (tertiary/aromatic N) is 3. The van der Waals surface area contributed by atoms with Gasteiger partial charge in [0.2, 0.25) is 5.91 Å². The lowest BCUT2D eigenvalue weighted by atomic mass is 10.1. The molecule has 7 nitrogen and oxygen atoms in total. The Morgan fingerprint density at radius 1 is 1.23 bits per heavy atom. The Bertz CT molecular complexity index is 1360. The first kappa shape index (κ1) is 20.7. The summed E-state index contributed by atoms with van der Waals surface area (Å²) in [4.78, 5) is 30.0. The average molecular weight is 437 g/mol. The Labute approximate surface area is 183 Å². The molecule has 4 rings (SSSR count). The van der Waals surface area contributed by atoms with Gasteiger partial charge in [0.05, 0.1) is 13.4 Å². The zero-order valence-corrected chi connectivity index (χ0v) is 18.1. The summed E-state index contributed by atoms with van der Waals surface area (Å²) in [6.45, 7) is 1.72. The van der Waals surface area contributed by atoms with Crippen molar-refractivity contribution >= 4 is 34.2 Å². The zero-order chi connectivity index (χ0) is 22.1. The van der Waals surface area contributed by atoms with E-state index in [0.29, 0.717) is 21.7 Å². The van der Waals surface area contributed by atoms with Crippen LogP contribution in [0.15, 0.2) is 59.8 Å². The number of hydrogen-bond donors (Lipinski definition) is 1. The van der Waals surface area contributed by atoms with Crippen molar-refractivity contribution in [1.29, 1.82) is 0 Å². The largest absolute Gasteiger partial charge is 0.497 e. The molecule has 0 aliphatic heterocycles. The number of anilines is 1. The standard InChI is InChI=1S/C23H21ClN4O3/c1-14-7-8-16(10-19(14)24)26-20(29)12-28-13-25-21-18(11-27(2)22(21)23(28)30)15-5-4-6-17(9-15)31-3/h4-11,13H,12H2,1-3H3,(H,26,29). The minimum atomic E-state index is -0.342. The second-order valence-electron chi connectivity index (χ2n) is 7.27. The van der Waals surface area contributed by atoms with Crippen LogP contribution in [-0.4, -0.2) is 27.1 Å². The van der Waals surface area contributed by atoms with Crippen LogP contribution >= 0.6 is 11.6 Å². The number of nitrogens with one attached hydrogen (secondary N) is 1. The topological polar surface area (TPSA) is 78.1 Å². The molecule has 0 aliphatic carbocycles. The van der Waals surface area contributed by atoms with E-state index in [2.05, 4.69) is 10.3 Å². The highest BCUT2D eigenvalue weighted by atomic mass is 35.5. The Hall–Kier alpha value is -3.58. The number of carbonyl (C=O) groups is 1. The second kappa shape index (κ2) is 8.28. The van der Waals surface area contributed by atoms with E-state index in [1.165, 1.54) is 10.9 Å². The number of hydrogen-bond acceptors (Lipinski definition) is 4. The van der Waals surface area contributed by atoms with Gasteiger partial charge < -0.3 is 14.6 Å². The summed E-state index contributed by atoms with van der Waals surface area (Å²) in [5.74, 6) is 0.376. The number of methoxy groups -OCH3 is 1. The summed E-state index contributed by atoms with van der Waals surface area (Å²) < 4.78 is 8.32. The second-order valence-corrected chi connectivity index (χ2v) is 7.68. The van der Waals surface area contributed by atoms with Crippen LogP contribution in [0.25, 0.3) is 22.2 Å². The van der Waals surface area contributed by atoms with Gasteiger partial charge in [0, 0.05) is 29.5 Å². The third-order valence-electron chi connectivity index (χ3n) is 5.09. The van der Waals surface area contributed by atoms with Crippen LogP contribution in [0, 0.1) is 6.92 Å². The van der Waals surface area contributed by atoms with Crippen molar-refractivity contribution in [3.63, 3.8) is 0 Å². The molecule has 158 valence electrons. The molecule has 4 aromatic rings. The Kier molecular flexibility index (Phi) is 5.52. The van der Waals surface area contributed by atoms with E-state index >= 15 is 0 Å². The first-order valence-corrected chi connectivity index (χ1v) is 10.00. The summed E-state index contributed by atoms with van der Waals surface area (Å²) in [5, 5.41) is 3.32. The van der Waals surface area contributed by atoms with Crippen LogP contribution in [0.5, 0.6) is 5.75 Å². The van der Waals surface area contributed by atoms with E-state index in [4.69, 9.17) is 16.3 Å². The summed E-state index contributed by atoms with van der Waals surface area (Å²) >= 11 is 6.11. The molecule has 0 saturated heterocycles. The van der Waals surface area contributed by atoms with E-state index in [0.717, 1.165) is 22.4 Å². The fourth-order valence-corrected chi connectivity index (χ4v) is 3.63. The molecule has 1 N–H and O–H groups in total. The van der Waals surface area contributed by atoms with Gasteiger partial charge in [0.1, 0.15) is 23.3 Å². The van der Waals surface area contributed by atoms with E-state index < -0.39 is 0 Å². The predicted octanol–water partition coefficient (Wildman–Crippen LogP) is 4.01. The van der Waals surface area contributed by atoms with Gasteiger partial charge >= 0.3 is 0 Å². The molecule has 2 aromatic carbocycles. The molecule has 0 saturated carbocycles. The van der Waals surface area contributed by atoms with E-state index in [1.807, 2.05) is 43.5 Å². The third-order valence-corrected chi connectivity index (χ3v) is 5.50. The predicted molar refractivity (Wildman–Crippen MR) is 122 cm³/mol. The molecule has 2 aromatic heterocycles. The summed E-state index contributed by atoms with van der Waals surface area (Å²) in [5.41, 5.74) is 3.90. The van der Waals surface area contributed by atoms with Crippen molar-refractivity contribution in [3.05, 3.63) is 75.9 Å². The van der Waals surface area contributed by atoms with E-state index in [-0.39, 0.29) is 18.0 Å². The molecule has 0 aliphatic rings. The Balaban J connectivity index is 1.65. The van der Waals surface area contributed by atoms with Crippen LogP contribution in [0.4, 0.5) is 5.69 Å². The summed E-state index contributed by atoms with van der Waals surface area (Å²) in [6.07, 6.45) is 3.25. The molecule has 2 heterocycles. The van der Waals surface area contributed by atoms with Gasteiger partial charge in [-0.05, 0) is 42.3 Å². The molecule has 1 amide bonds. The lowest BCUT2D eigenvalue weighted by Crippen LogP contribution is -2.28. The number of aryl methyl sites for hydroxylation is 2. The molecule has 0 radical (unpaired) electrons. The average Bonchev–Trinajstić information content (AvgIpc) is 3.10. The number of rotatable bonds is 5. The highest BCUT2D eigenvalue weighted by molar-refractivity contribution is 6.31. The van der Waals surface area contributed by atoms with E-state index in [1.54, 1.807) is 30.9 Å². The van der Waals surface area contributed by atoms with Crippen LogP contribution in [0.1, 0.15) is 5.56 Å². The van der Waals surface area contributed by atoms with Gasteiger partial charge in [0.15, 0.2) is 0 Å². The first-order chi connectivity index (χ1) is 14.9. The van der Waals surface area contributed by atoms with Gasteiger partial charge in [-0.2, -0.15) is 0 Å². The number of amides is 1. The first-order valence-electron chi connectivity index (χ1n) is 9.62. The maximum Gasteiger partial charge on any atom is 0.278 e. The van der Waals surface area contributed by atoms with Gasteiger partial charge in [-0.1, -0.05) is 29.8 Å². The van der Waals surface area contributed by atoms with Gasteiger partial charge in [-0.25, -0.2) is 4.98 Å². The van der Waals surface area contributed by atoms with Crippen LogP contribution < -0.4 is 15.6 Å². The monoisotopic (exact) mass is 436 g/mol. The molecule has 0 atom stereocenters. The molecule has 0 unspecified atom stereocenters. The van der Waals surface area contributed by atoms with Crippen molar-refractivity contribution in [2.75, 3.05) is 12.4 Å². The number of aromatic nitrogens is 3.